The number of hydrogen-bond acceptors (Lipinski definition) is 4. The maximum Gasteiger partial charge on any atom is 0.244 e. The molecule has 0 fully saturated rings. The number of thioether (sulfide) groups is 1. The lowest BCUT2D eigenvalue weighted by Crippen LogP contribution is -2.35. The summed E-state index contributed by atoms with van der Waals surface area (Å²) in [6.07, 6.45) is 2.74. The Hall–Kier alpha value is -0.740. The van der Waals surface area contributed by atoms with Gasteiger partial charge in [0.1, 0.15) is 4.90 Å². The molecule has 1 aromatic carbocycles. The number of benzene rings is 1. The quantitative estimate of drug-likeness (QED) is 0.803. The minimum absolute atomic E-state index is 0.0169. The Bertz CT molecular complexity index is 611. The standard InChI is InChI=1S/C13H17ClN2O2S2/c1-10(6-7-19-3)16(2)20(17,18)13-8-11(9-15)4-5-12(13)14/h4-5,8,10H,6-7H2,1-3H3. The average molecular weight is 333 g/mol. The van der Waals surface area contributed by atoms with Crippen LogP contribution in [0.4, 0.5) is 0 Å². The van der Waals surface area contributed by atoms with Crippen molar-refractivity contribution in [1.82, 2.24) is 4.31 Å². The fraction of sp³-hybridized carbons (Fsp3) is 0.462. The molecule has 0 aliphatic heterocycles. The van der Waals surface area contributed by atoms with Crippen molar-refractivity contribution in [1.29, 1.82) is 5.26 Å². The summed E-state index contributed by atoms with van der Waals surface area (Å²) in [4.78, 5) is -0.0169. The van der Waals surface area contributed by atoms with E-state index in [0.29, 0.717) is 0 Å². The van der Waals surface area contributed by atoms with Gasteiger partial charge in [0.2, 0.25) is 10.0 Å². The Labute approximate surface area is 129 Å². The van der Waals surface area contributed by atoms with Gasteiger partial charge in [0.25, 0.3) is 0 Å². The van der Waals surface area contributed by atoms with E-state index in [1.165, 1.54) is 29.6 Å². The highest BCUT2D eigenvalue weighted by atomic mass is 35.5. The number of nitriles is 1. The van der Waals surface area contributed by atoms with Crippen LogP contribution in [0.5, 0.6) is 0 Å². The monoisotopic (exact) mass is 332 g/mol. The van der Waals surface area contributed by atoms with Crippen molar-refractivity contribution in [2.24, 2.45) is 0 Å². The van der Waals surface area contributed by atoms with E-state index in [1.807, 2.05) is 19.2 Å². The summed E-state index contributed by atoms with van der Waals surface area (Å²) >= 11 is 7.64. The van der Waals surface area contributed by atoms with Crippen LogP contribution >= 0.6 is 23.4 Å². The third-order valence-electron chi connectivity index (χ3n) is 3.08. The van der Waals surface area contributed by atoms with Crippen molar-refractivity contribution in [3.63, 3.8) is 0 Å². The van der Waals surface area contributed by atoms with Crippen LogP contribution in [0.25, 0.3) is 0 Å². The van der Waals surface area contributed by atoms with Gasteiger partial charge in [0.15, 0.2) is 0 Å². The predicted octanol–water partition coefficient (Wildman–Crippen LogP) is 2.97. The van der Waals surface area contributed by atoms with Crippen LogP contribution in [0.2, 0.25) is 5.02 Å². The second-order valence-corrected chi connectivity index (χ2v) is 7.77. The summed E-state index contributed by atoms with van der Waals surface area (Å²) in [5.41, 5.74) is 0.276. The Morgan fingerprint density at radius 2 is 2.15 bits per heavy atom. The van der Waals surface area contributed by atoms with Gasteiger partial charge in [-0.05, 0) is 43.6 Å². The van der Waals surface area contributed by atoms with Crippen molar-refractivity contribution < 1.29 is 8.42 Å². The molecule has 1 rings (SSSR count). The predicted molar refractivity (Wildman–Crippen MR) is 83.6 cm³/mol. The van der Waals surface area contributed by atoms with E-state index in [2.05, 4.69) is 0 Å². The summed E-state index contributed by atoms with van der Waals surface area (Å²) in [5.74, 6) is 0.882. The molecule has 0 aromatic heterocycles. The van der Waals surface area contributed by atoms with E-state index in [1.54, 1.807) is 11.8 Å². The number of sulfonamides is 1. The molecule has 7 heteroatoms. The second kappa shape index (κ2) is 7.32. The average Bonchev–Trinajstić information content (AvgIpc) is 2.44. The molecule has 0 amide bonds. The molecule has 1 aromatic rings. The fourth-order valence-corrected chi connectivity index (χ4v) is 4.10. The lowest BCUT2D eigenvalue weighted by Gasteiger charge is -2.24. The maximum absolute atomic E-state index is 12.6. The first kappa shape index (κ1) is 17.3. The van der Waals surface area contributed by atoms with Crippen molar-refractivity contribution in [3.8, 4) is 6.07 Å². The highest BCUT2D eigenvalue weighted by Gasteiger charge is 2.27. The molecule has 0 saturated carbocycles. The molecule has 4 nitrogen and oxygen atoms in total. The lowest BCUT2D eigenvalue weighted by molar-refractivity contribution is 0.382. The summed E-state index contributed by atoms with van der Waals surface area (Å²) in [7, 11) is -2.15. The lowest BCUT2D eigenvalue weighted by atomic mass is 10.2. The number of hydrogen-bond donors (Lipinski definition) is 0. The van der Waals surface area contributed by atoms with Crippen LogP contribution in [0.3, 0.4) is 0 Å². The molecule has 1 atom stereocenters. The van der Waals surface area contributed by atoms with E-state index < -0.39 is 10.0 Å². The van der Waals surface area contributed by atoms with Gasteiger partial charge in [0, 0.05) is 13.1 Å². The molecule has 1 unspecified atom stereocenters. The molecule has 110 valence electrons. The van der Waals surface area contributed by atoms with E-state index >= 15 is 0 Å². The van der Waals surface area contributed by atoms with E-state index in [-0.39, 0.29) is 21.5 Å². The number of nitrogens with zero attached hydrogens (tertiary/aromatic N) is 2. The maximum atomic E-state index is 12.6. The summed E-state index contributed by atoms with van der Waals surface area (Å²) in [6.45, 7) is 1.86. The van der Waals surface area contributed by atoms with Crippen LogP contribution in [0.1, 0.15) is 18.9 Å². The third kappa shape index (κ3) is 3.89. The number of halogens is 1. The van der Waals surface area contributed by atoms with E-state index in [4.69, 9.17) is 16.9 Å². The molecule has 0 aliphatic rings. The normalized spacial score (nSPS) is 13.2. The molecule has 20 heavy (non-hydrogen) atoms. The minimum atomic E-state index is -3.69. The molecule has 0 N–H and O–H groups in total. The van der Waals surface area contributed by atoms with Crippen LogP contribution < -0.4 is 0 Å². The highest BCUT2D eigenvalue weighted by molar-refractivity contribution is 7.98. The first-order valence-electron chi connectivity index (χ1n) is 6.01. The Morgan fingerprint density at radius 3 is 2.70 bits per heavy atom. The molecule has 0 aliphatic carbocycles. The molecular weight excluding hydrogens is 316 g/mol. The minimum Gasteiger partial charge on any atom is -0.207 e. The van der Waals surface area contributed by atoms with Gasteiger partial charge < -0.3 is 0 Å². The largest absolute Gasteiger partial charge is 0.244 e. The first-order chi connectivity index (χ1) is 9.34. The van der Waals surface area contributed by atoms with Crippen LogP contribution in [0.15, 0.2) is 23.1 Å². The van der Waals surface area contributed by atoms with Gasteiger partial charge in [0.05, 0.1) is 16.7 Å². The third-order valence-corrected chi connectivity index (χ3v) is 6.18. The molecule has 0 bridgehead atoms. The smallest absolute Gasteiger partial charge is 0.207 e. The second-order valence-electron chi connectivity index (χ2n) is 4.41. The van der Waals surface area contributed by atoms with Gasteiger partial charge >= 0.3 is 0 Å². The van der Waals surface area contributed by atoms with Gasteiger partial charge in [-0.1, -0.05) is 11.6 Å². The van der Waals surface area contributed by atoms with Crippen LogP contribution in [-0.2, 0) is 10.0 Å². The molecule has 0 saturated heterocycles. The van der Waals surface area contributed by atoms with E-state index in [0.717, 1.165) is 12.2 Å². The van der Waals surface area contributed by atoms with E-state index in [9.17, 15) is 8.42 Å². The molecule has 0 radical (unpaired) electrons. The Balaban J connectivity index is 3.13. The zero-order chi connectivity index (χ0) is 15.3. The van der Waals surface area contributed by atoms with Crippen molar-refractivity contribution in [2.75, 3.05) is 19.1 Å². The first-order valence-corrected chi connectivity index (χ1v) is 9.22. The molecule has 0 spiro atoms. The zero-order valence-electron chi connectivity index (χ0n) is 11.6. The molecule has 0 heterocycles. The molecular formula is C13H17ClN2O2S2. The highest BCUT2D eigenvalue weighted by Crippen LogP contribution is 2.26. The number of rotatable bonds is 6. The Morgan fingerprint density at radius 1 is 1.50 bits per heavy atom. The van der Waals surface area contributed by atoms with Crippen LogP contribution in [-0.4, -0.2) is 37.8 Å². The Kier molecular flexibility index (Phi) is 6.34. The van der Waals surface area contributed by atoms with Crippen LogP contribution in [0, 0.1) is 11.3 Å². The van der Waals surface area contributed by atoms with Gasteiger partial charge in [-0.15, -0.1) is 0 Å². The summed E-state index contributed by atoms with van der Waals surface area (Å²) in [5, 5.41) is 9.01. The van der Waals surface area contributed by atoms with Gasteiger partial charge in [-0.2, -0.15) is 21.3 Å². The van der Waals surface area contributed by atoms with Crippen molar-refractivity contribution >= 4 is 33.4 Å². The van der Waals surface area contributed by atoms with Gasteiger partial charge in [-0.3, -0.25) is 0 Å². The van der Waals surface area contributed by atoms with Crippen molar-refractivity contribution in [2.45, 2.75) is 24.3 Å². The summed E-state index contributed by atoms with van der Waals surface area (Å²) in [6, 6.07) is 6.05. The fourth-order valence-electron chi connectivity index (χ4n) is 1.63. The SMILES string of the molecule is CSCCC(C)N(C)S(=O)(=O)c1cc(C#N)ccc1Cl. The summed E-state index contributed by atoms with van der Waals surface area (Å²) < 4.78 is 26.4. The van der Waals surface area contributed by atoms with Crippen molar-refractivity contribution in [3.05, 3.63) is 28.8 Å². The zero-order valence-corrected chi connectivity index (χ0v) is 14.0. The van der Waals surface area contributed by atoms with Gasteiger partial charge in [-0.25, -0.2) is 8.42 Å². The topological polar surface area (TPSA) is 61.2 Å².